The lowest BCUT2D eigenvalue weighted by atomic mass is 9.71. The van der Waals surface area contributed by atoms with Gasteiger partial charge in [0, 0.05) is 0 Å². The van der Waals surface area contributed by atoms with Gasteiger partial charge in [0.1, 0.15) is 6.29 Å². The Hall–Kier alpha value is -0.850. The summed E-state index contributed by atoms with van der Waals surface area (Å²) in [6.07, 6.45) is 8.39. The van der Waals surface area contributed by atoms with Crippen LogP contribution in [0.1, 0.15) is 47.0 Å². The predicted molar refractivity (Wildman–Crippen MR) is 64.7 cm³/mol. The third-order valence-electron chi connectivity index (χ3n) is 3.60. The van der Waals surface area contributed by atoms with Gasteiger partial charge in [0.15, 0.2) is 0 Å². The van der Waals surface area contributed by atoms with Crippen LogP contribution in [-0.2, 0) is 4.79 Å². The van der Waals surface area contributed by atoms with Gasteiger partial charge in [0.05, 0.1) is 0 Å². The Bertz CT molecular complexity index is 294. The number of carbonyl (C=O) groups excluding carboxylic acids is 1. The zero-order valence-corrected chi connectivity index (χ0v) is 10.3. The Morgan fingerprint density at radius 2 is 2.27 bits per heavy atom. The molecule has 0 aromatic carbocycles. The molecule has 1 atom stereocenters. The van der Waals surface area contributed by atoms with Crippen LogP contribution in [0.3, 0.4) is 0 Å². The number of carbonyl (C=O) groups is 1. The first-order valence-electron chi connectivity index (χ1n) is 5.77. The highest BCUT2D eigenvalue weighted by molar-refractivity contribution is 5.66. The maximum atomic E-state index is 10.3. The van der Waals surface area contributed by atoms with Gasteiger partial charge in [-0.2, -0.15) is 0 Å². The minimum atomic E-state index is 0.315. The largest absolute Gasteiger partial charge is 0.299 e. The van der Waals surface area contributed by atoms with Crippen LogP contribution in [0.4, 0.5) is 0 Å². The number of allylic oxidation sites excluding steroid dienone is 4. The van der Waals surface area contributed by atoms with Crippen LogP contribution in [0, 0.1) is 11.3 Å². The predicted octanol–water partition coefficient (Wildman–Crippen LogP) is 3.90. The summed E-state index contributed by atoms with van der Waals surface area (Å²) >= 11 is 0. The average molecular weight is 206 g/mol. The van der Waals surface area contributed by atoms with Gasteiger partial charge in [-0.3, -0.25) is 4.79 Å². The van der Waals surface area contributed by atoms with Crippen molar-refractivity contribution in [2.45, 2.75) is 47.0 Å². The van der Waals surface area contributed by atoms with E-state index in [1.807, 2.05) is 6.92 Å². The first-order chi connectivity index (χ1) is 6.95. The molecule has 84 valence electrons. The molecule has 0 aromatic rings. The molecule has 0 spiro atoms. The van der Waals surface area contributed by atoms with Crippen molar-refractivity contribution in [1.29, 1.82) is 0 Å². The molecule has 0 bridgehead atoms. The summed E-state index contributed by atoms with van der Waals surface area (Å²) in [6.45, 7) is 8.95. The van der Waals surface area contributed by atoms with Gasteiger partial charge >= 0.3 is 0 Å². The molecule has 0 fully saturated rings. The van der Waals surface area contributed by atoms with Crippen LogP contribution in [0.2, 0.25) is 0 Å². The maximum Gasteiger partial charge on any atom is 0.142 e. The van der Waals surface area contributed by atoms with E-state index in [9.17, 15) is 4.79 Å². The van der Waals surface area contributed by atoms with Crippen molar-refractivity contribution >= 4 is 6.29 Å². The van der Waals surface area contributed by atoms with Crippen LogP contribution >= 0.6 is 0 Å². The van der Waals surface area contributed by atoms with Gasteiger partial charge in [-0.05, 0) is 43.6 Å². The lowest BCUT2D eigenvalue weighted by molar-refractivity contribution is -0.104. The van der Waals surface area contributed by atoms with Crippen molar-refractivity contribution in [3.8, 4) is 0 Å². The van der Waals surface area contributed by atoms with Gasteiger partial charge in [-0.1, -0.05) is 38.0 Å². The van der Waals surface area contributed by atoms with E-state index in [4.69, 9.17) is 0 Å². The van der Waals surface area contributed by atoms with Crippen molar-refractivity contribution in [2.75, 3.05) is 0 Å². The van der Waals surface area contributed by atoms with Crippen molar-refractivity contribution in [3.63, 3.8) is 0 Å². The molecule has 0 radical (unpaired) electrons. The molecule has 1 nitrogen and oxygen atoms in total. The minimum absolute atomic E-state index is 0.315. The fraction of sp³-hybridized carbons (Fsp3) is 0.643. The quantitative estimate of drug-likeness (QED) is 0.389. The third-order valence-corrected chi connectivity index (χ3v) is 3.60. The molecule has 0 N–H and O–H groups in total. The SMILES string of the molecule is C/C(=C\C=O)CC1=CC(C)(C)[C@@H](C)CC1. The van der Waals surface area contributed by atoms with E-state index in [0.29, 0.717) is 5.41 Å². The molecule has 0 heterocycles. The fourth-order valence-corrected chi connectivity index (χ4v) is 2.19. The van der Waals surface area contributed by atoms with Crippen molar-refractivity contribution in [3.05, 3.63) is 23.3 Å². The number of hydrogen-bond donors (Lipinski definition) is 0. The minimum Gasteiger partial charge on any atom is -0.299 e. The summed E-state index contributed by atoms with van der Waals surface area (Å²) in [4.78, 5) is 10.3. The van der Waals surface area contributed by atoms with Gasteiger partial charge in [-0.25, -0.2) is 0 Å². The Morgan fingerprint density at radius 1 is 1.60 bits per heavy atom. The first kappa shape index (κ1) is 12.2. The van der Waals surface area contributed by atoms with E-state index in [0.717, 1.165) is 18.6 Å². The number of aldehydes is 1. The smallest absolute Gasteiger partial charge is 0.142 e. The molecular formula is C14H22O. The van der Waals surface area contributed by atoms with E-state index in [-0.39, 0.29) is 0 Å². The Morgan fingerprint density at radius 3 is 2.80 bits per heavy atom. The molecule has 1 aliphatic carbocycles. The van der Waals surface area contributed by atoms with Gasteiger partial charge in [0.2, 0.25) is 0 Å². The molecule has 1 rings (SSSR count). The maximum absolute atomic E-state index is 10.3. The molecule has 0 unspecified atom stereocenters. The molecule has 15 heavy (non-hydrogen) atoms. The van der Waals surface area contributed by atoms with E-state index < -0.39 is 0 Å². The third kappa shape index (κ3) is 3.33. The standard InChI is InChI=1S/C14H22O/c1-11(7-8-15)9-13-6-5-12(2)14(3,4)10-13/h7-8,10,12H,5-6,9H2,1-4H3/b11-7+/t12-/m0/s1. The topological polar surface area (TPSA) is 17.1 Å². The molecule has 0 saturated heterocycles. The molecule has 0 aromatic heterocycles. The van der Waals surface area contributed by atoms with Crippen molar-refractivity contribution in [2.24, 2.45) is 11.3 Å². The Kier molecular flexibility index (Phi) is 3.90. The van der Waals surface area contributed by atoms with E-state index in [1.54, 1.807) is 6.08 Å². The summed E-state index contributed by atoms with van der Waals surface area (Å²) < 4.78 is 0. The Balaban J connectivity index is 2.72. The van der Waals surface area contributed by atoms with Crippen LogP contribution in [-0.4, -0.2) is 6.29 Å². The normalized spacial score (nSPS) is 26.0. The molecular weight excluding hydrogens is 184 g/mol. The first-order valence-corrected chi connectivity index (χ1v) is 5.77. The summed E-state index contributed by atoms with van der Waals surface area (Å²) in [5, 5.41) is 0. The lowest BCUT2D eigenvalue weighted by Gasteiger charge is -2.34. The summed E-state index contributed by atoms with van der Waals surface area (Å²) in [5.41, 5.74) is 2.98. The molecule has 1 aliphatic rings. The summed E-state index contributed by atoms with van der Waals surface area (Å²) in [6, 6.07) is 0. The van der Waals surface area contributed by atoms with Crippen LogP contribution in [0.5, 0.6) is 0 Å². The van der Waals surface area contributed by atoms with E-state index in [2.05, 4.69) is 26.8 Å². The van der Waals surface area contributed by atoms with E-state index >= 15 is 0 Å². The molecule has 1 heteroatoms. The van der Waals surface area contributed by atoms with Gasteiger partial charge in [-0.15, -0.1) is 0 Å². The van der Waals surface area contributed by atoms with Crippen LogP contribution < -0.4 is 0 Å². The Labute approximate surface area is 93.3 Å². The second-order valence-corrected chi connectivity index (χ2v) is 5.39. The average Bonchev–Trinajstić information content (AvgIpc) is 2.11. The monoisotopic (exact) mass is 206 g/mol. The second kappa shape index (κ2) is 4.78. The fourth-order valence-electron chi connectivity index (χ4n) is 2.19. The van der Waals surface area contributed by atoms with Gasteiger partial charge in [0.25, 0.3) is 0 Å². The summed E-state index contributed by atoms with van der Waals surface area (Å²) in [5.74, 6) is 0.761. The number of rotatable bonds is 3. The zero-order chi connectivity index (χ0) is 11.5. The molecule has 0 aliphatic heterocycles. The highest BCUT2D eigenvalue weighted by atomic mass is 16.1. The zero-order valence-electron chi connectivity index (χ0n) is 10.3. The van der Waals surface area contributed by atoms with Crippen molar-refractivity contribution < 1.29 is 4.79 Å². The second-order valence-electron chi connectivity index (χ2n) is 5.39. The van der Waals surface area contributed by atoms with Crippen molar-refractivity contribution in [1.82, 2.24) is 0 Å². The van der Waals surface area contributed by atoms with Crippen LogP contribution in [0.15, 0.2) is 23.3 Å². The lowest BCUT2D eigenvalue weighted by Crippen LogP contribution is -2.23. The molecule has 0 saturated carbocycles. The number of hydrogen-bond acceptors (Lipinski definition) is 1. The highest BCUT2D eigenvalue weighted by Gasteiger charge is 2.27. The van der Waals surface area contributed by atoms with Gasteiger partial charge < -0.3 is 0 Å². The molecule has 0 amide bonds. The highest BCUT2D eigenvalue weighted by Crippen LogP contribution is 2.39. The van der Waals surface area contributed by atoms with E-state index in [1.165, 1.54) is 24.0 Å². The van der Waals surface area contributed by atoms with Crippen LogP contribution in [0.25, 0.3) is 0 Å². The summed E-state index contributed by atoms with van der Waals surface area (Å²) in [7, 11) is 0.